The second-order valence-corrected chi connectivity index (χ2v) is 8.69. The van der Waals surface area contributed by atoms with Gasteiger partial charge in [-0.25, -0.2) is 18.0 Å². The zero-order valence-electron chi connectivity index (χ0n) is 14.2. The quantitative estimate of drug-likeness (QED) is 0.714. The van der Waals surface area contributed by atoms with Crippen LogP contribution in [0.2, 0.25) is 5.02 Å². The van der Waals surface area contributed by atoms with Crippen molar-refractivity contribution in [2.45, 2.75) is 41.8 Å². The molecule has 0 aromatic heterocycles. The summed E-state index contributed by atoms with van der Waals surface area (Å²) in [4.78, 5) is 22.4. The number of amides is 1. The minimum absolute atomic E-state index is 0.309. The molecular weight excluding hydrogens is 431 g/mol. The Bertz CT molecular complexity index is 868. The van der Waals surface area contributed by atoms with Gasteiger partial charge in [0.2, 0.25) is 0 Å². The molecule has 1 heterocycles. The Kier molecular flexibility index (Phi) is 6.04. The molecule has 1 saturated heterocycles. The molecule has 2 rings (SSSR count). The van der Waals surface area contributed by atoms with Crippen molar-refractivity contribution in [2.75, 3.05) is 6.54 Å². The first-order chi connectivity index (χ1) is 12.7. The number of carboxylic acids is 1. The minimum Gasteiger partial charge on any atom is -0.481 e. The summed E-state index contributed by atoms with van der Waals surface area (Å²) in [5.74, 6) is -1.80. The zero-order valence-corrected chi connectivity index (χ0v) is 15.8. The normalized spacial score (nSPS) is 21.4. The number of carbonyl (C=O) groups is 2. The average molecular weight is 446 g/mol. The Hall–Kier alpha value is -2.21. The fourth-order valence-corrected chi connectivity index (χ4v) is 4.94. The van der Waals surface area contributed by atoms with Crippen LogP contribution in [0.5, 0.6) is 5.75 Å². The van der Waals surface area contributed by atoms with Crippen LogP contribution in [-0.4, -0.2) is 65.7 Å². The number of sulfone groups is 1. The van der Waals surface area contributed by atoms with Gasteiger partial charge in [0.15, 0.2) is 15.9 Å². The molecule has 0 bridgehead atoms. The molecule has 1 aliphatic heterocycles. The monoisotopic (exact) mass is 445 g/mol. The van der Waals surface area contributed by atoms with Crippen LogP contribution in [0.3, 0.4) is 0 Å². The molecule has 2 N–H and O–H groups in total. The summed E-state index contributed by atoms with van der Waals surface area (Å²) in [6, 6.07) is 1.29. The summed E-state index contributed by atoms with van der Waals surface area (Å²) in [5.41, 5.74) is 0. The van der Waals surface area contributed by atoms with Gasteiger partial charge in [0, 0.05) is 12.6 Å². The summed E-state index contributed by atoms with van der Waals surface area (Å²) in [6.07, 6.45) is -8.85. The van der Waals surface area contributed by atoms with Crippen LogP contribution >= 0.6 is 11.6 Å². The van der Waals surface area contributed by atoms with Crippen molar-refractivity contribution in [3.8, 4) is 5.75 Å². The highest BCUT2D eigenvalue weighted by Gasteiger charge is 2.46. The molecule has 28 heavy (non-hydrogen) atoms. The molecule has 1 unspecified atom stereocenters. The van der Waals surface area contributed by atoms with Gasteiger partial charge in [0.25, 0.3) is 0 Å². The summed E-state index contributed by atoms with van der Waals surface area (Å²) in [5, 5.41) is 16.4. The first-order valence-corrected chi connectivity index (χ1v) is 9.66. The predicted molar refractivity (Wildman–Crippen MR) is 89.3 cm³/mol. The molecule has 0 aliphatic carbocycles. The smallest absolute Gasteiger partial charge is 0.425 e. The molecule has 1 fully saturated rings. The number of hydrogen-bond donors (Lipinski definition) is 2. The van der Waals surface area contributed by atoms with Crippen molar-refractivity contribution in [2.24, 2.45) is 0 Å². The number of halogens is 4. The number of alkyl halides is 3. The molecule has 1 amide bonds. The number of hydrogen-bond acceptors (Lipinski definition) is 5. The first-order valence-electron chi connectivity index (χ1n) is 7.74. The van der Waals surface area contributed by atoms with Gasteiger partial charge in [-0.2, -0.15) is 13.2 Å². The molecule has 1 aromatic rings. The van der Waals surface area contributed by atoms with Crippen molar-refractivity contribution < 1.29 is 46.1 Å². The maximum atomic E-state index is 12.8. The molecular formula is C15H15ClF3NO7S. The van der Waals surface area contributed by atoms with Crippen LogP contribution in [0.15, 0.2) is 23.1 Å². The second kappa shape index (κ2) is 7.66. The van der Waals surface area contributed by atoms with E-state index >= 15 is 0 Å². The van der Waals surface area contributed by atoms with E-state index in [1.54, 1.807) is 0 Å². The fraction of sp³-hybridized carbons (Fsp3) is 0.467. The topological polar surface area (TPSA) is 121 Å². The summed E-state index contributed by atoms with van der Waals surface area (Å²) < 4.78 is 67.9. The van der Waals surface area contributed by atoms with Crippen LogP contribution in [0.4, 0.5) is 18.0 Å². The van der Waals surface area contributed by atoms with Crippen LogP contribution in [0.25, 0.3) is 0 Å². The van der Waals surface area contributed by atoms with E-state index in [0.29, 0.717) is 4.90 Å². The van der Waals surface area contributed by atoms with E-state index in [4.69, 9.17) is 21.8 Å². The van der Waals surface area contributed by atoms with Gasteiger partial charge in [-0.1, -0.05) is 11.6 Å². The summed E-state index contributed by atoms with van der Waals surface area (Å²) >= 11 is 5.90. The largest absolute Gasteiger partial charge is 0.481 e. The van der Waals surface area contributed by atoms with Gasteiger partial charge in [-0.05, 0) is 25.5 Å². The third-order valence-electron chi connectivity index (χ3n) is 4.22. The van der Waals surface area contributed by atoms with Crippen LogP contribution < -0.4 is 4.74 Å². The highest BCUT2D eigenvalue weighted by Crippen LogP contribution is 2.34. The molecule has 0 radical (unpaired) electrons. The van der Waals surface area contributed by atoms with Gasteiger partial charge in [-0.15, -0.1) is 0 Å². The van der Waals surface area contributed by atoms with Crippen molar-refractivity contribution in [1.82, 2.24) is 4.90 Å². The predicted octanol–water partition coefficient (Wildman–Crippen LogP) is 2.65. The molecule has 13 heteroatoms. The van der Waals surface area contributed by atoms with E-state index in [-0.39, 0.29) is 5.75 Å². The maximum Gasteiger partial charge on any atom is 0.425 e. The van der Waals surface area contributed by atoms with Crippen molar-refractivity contribution in [3.63, 3.8) is 0 Å². The van der Waals surface area contributed by atoms with Gasteiger partial charge in [-0.3, -0.25) is 4.90 Å². The Labute approximate surface area is 162 Å². The summed E-state index contributed by atoms with van der Waals surface area (Å²) in [7, 11) is -4.25. The maximum absolute atomic E-state index is 12.8. The van der Waals surface area contributed by atoms with E-state index in [0.717, 1.165) is 25.1 Å². The van der Waals surface area contributed by atoms with Crippen LogP contribution in [-0.2, 0) is 14.6 Å². The Morgan fingerprint density at radius 2 is 1.93 bits per heavy atom. The second-order valence-electron chi connectivity index (χ2n) is 6.09. The summed E-state index contributed by atoms with van der Waals surface area (Å²) in [6.45, 7) is 0.192. The number of rotatable bonds is 5. The Morgan fingerprint density at radius 1 is 1.32 bits per heavy atom. The van der Waals surface area contributed by atoms with Gasteiger partial charge in [0.05, 0.1) is 15.2 Å². The van der Waals surface area contributed by atoms with E-state index in [1.165, 1.54) is 0 Å². The number of carboxylic acid groups (broad SMARTS) is 2. The molecule has 3 atom stereocenters. The highest BCUT2D eigenvalue weighted by atomic mass is 35.5. The minimum atomic E-state index is -4.63. The molecule has 0 saturated carbocycles. The van der Waals surface area contributed by atoms with Gasteiger partial charge < -0.3 is 14.9 Å². The lowest BCUT2D eigenvalue weighted by atomic mass is 10.2. The van der Waals surface area contributed by atoms with Gasteiger partial charge in [0.1, 0.15) is 11.8 Å². The van der Waals surface area contributed by atoms with E-state index in [9.17, 15) is 31.2 Å². The van der Waals surface area contributed by atoms with Crippen LogP contribution in [0, 0.1) is 0 Å². The van der Waals surface area contributed by atoms with Crippen molar-refractivity contribution in [1.29, 1.82) is 0 Å². The average Bonchev–Trinajstić information content (AvgIpc) is 3.00. The standard InChI is InChI=1S/C15H15ClF3NO7S/c1-7(15(17,18)19)27-8-2-3-12(10(16)4-8)28(25,26)9-5-11(13(21)22)20(6-9)14(23)24/h2-4,7,9,11H,5-6H2,1H3,(H,21,22)(H,23,24)/t7?,9-,11+/m1/s1. The fourth-order valence-electron chi connectivity index (χ4n) is 2.70. The lowest BCUT2D eigenvalue weighted by Crippen LogP contribution is -2.39. The number of benzene rings is 1. The first kappa shape index (κ1) is 22.1. The molecule has 1 aromatic carbocycles. The zero-order chi connectivity index (χ0) is 21.4. The molecule has 1 aliphatic rings. The van der Waals surface area contributed by atoms with Crippen molar-refractivity contribution in [3.05, 3.63) is 23.2 Å². The third kappa shape index (κ3) is 4.43. The molecule has 156 valence electrons. The van der Waals surface area contributed by atoms with Crippen LogP contribution in [0.1, 0.15) is 13.3 Å². The molecule has 0 spiro atoms. The lowest BCUT2D eigenvalue weighted by molar-refractivity contribution is -0.189. The lowest BCUT2D eigenvalue weighted by Gasteiger charge is -2.19. The van der Waals surface area contributed by atoms with E-state index in [1.807, 2.05) is 0 Å². The Balaban J connectivity index is 2.29. The number of nitrogens with zero attached hydrogens (tertiary/aromatic N) is 1. The molecule has 8 nitrogen and oxygen atoms in total. The van der Waals surface area contributed by atoms with Crippen molar-refractivity contribution >= 4 is 33.5 Å². The third-order valence-corrected chi connectivity index (χ3v) is 6.83. The highest BCUT2D eigenvalue weighted by molar-refractivity contribution is 7.92. The van der Waals surface area contributed by atoms with E-state index < -0.39 is 68.4 Å². The number of ether oxygens (including phenoxy) is 1. The SMILES string of the molecule is CC(Oc1ccc(S(=O)(=O)[C@@H]2C[C@@H](C(=O)O)N(C(=O)O)C2)c(Cl)c1)C(F)(F)F. The van der Waals surface area contributed by atoms with E-state index in [2.05, 4.69) is 4.74 Å². The number of aliphatic carboxylic acids is 1. The Morgan fingerprint density at radius 3 is 2.36 bits per heavy atom. The van der Waals surface area contributed by atoms with Gasteiger partial charge >= 0.3 is 18.2 Å². The number of likely N-dealkylation sites (tertiary alicyclic amines) is 1.